The summed E-state index contributed by atoms with van der Waals surface area (Å²) in [6.07, 6.45) is 2.06. The Morgan fingerprint density at radius 2 is 2.21 bits per heavy atom. The van der Waals surface area contributed by atoms with Gasteiger partial charge in [0.15, 0.2) is 6.61 Å². The van der Waals surface area contributed by atoms with Crippen molar-refractivity contribution in [1.29, 1.82) is 0 Å². The van der Waals surface area contributed by atoms with Crippen LogP contribution in [0, 0.1) is 5.92 Å². The second-order valence-electron chi connectivity index (χ2n) is 4.73. The molecule has 1 heterocycles. The van der Waals surface area contributed by atoms with Crippen molar-refractivity contribution in [3.05, 3.63) is 24.3 Å². The fourth-order valence-electron chi connectivity index (χ4n) is 1.99. The first-order valence-corrected chi connectivity index (χ1v) is 6.57. The summed E-state index contributed by atoms with van der Waals surface area (Å²) in [7, 11) is 0. The molecule has 3 N–H and O–H groups in total. The van der Waals surface area contributed by atoms with E-state index in [1.807, 2.05) is 0 Å². The van der Waals surface area contributed by atoms with E-state index >= 15 is 0 Å². The summed E-state index contributed by atoms with van der Waals surface area (Å²) in [6.45, 7) is 2.37. The first-order valence-electron chi connectivity index (χ1n) is 6.57. The number of hydrogen-bond donors (Lipinski definition) is 2. The van der Waals surface area contributed by atoms with Gasteiger partial charge in [-0.25, -0.2) is 0 Å². The Balaban J connectivity index is 1.60. The summed E-state index contributed by atoms with van der Waals surface area (Å²) >= 11 is 0. The third-order valence-corrected chi connectivity index (χ3v) is 3.15. The molecule has 0 radical (unpaired) electrons. The number of carbonyl (C=O) groups is 1. The average molecular weight is 264 g/mol. The summed E-state index contributed by atoms with van der Waals surface area (Å²) in [6, 6.07) is 6.98. The van der Waals surface area contributed by atoms with Crippen LogP contribution in [0.3, 0.4) is 0 Å². The molecule has 1 unspecified atom stereocenters. The number of nitrogen functional groups attached to an aromatic ring is 1. The van der Waals surface area contributed by atoms with Crippen molar-refractivity contribution in [3.8, 4) is 5.75 Å². The lowest BCUT2D eigenvalue weighted by Gasteiger charge is -2.09. The van der Waals surface area contributed by atoms with Crippen LogP contribution < -0.4 is 15.8 Å². The normalized spacial score (nSPS) is 18.2. The Bertz CT molecular complexity index is 400. The van der Waals surface area contributed by atoms with E-state index < -0.39 is 0 Å². The van der Waals surface area contributed by atoms with E-state index in [4.69, 9.17) is 15.2 Å². The highest BCUT2D eigenvalue weighted by molar-refractivity contribution is 5.77. The van der Waals surface area contributed by atoms with E-state index in [9.17, 15) is 4.79 Å². The highest BCUT2D eigenvalue weighted by Gasteiger charge is 2.15. The Morgan fingerprint density at radius 1 is 1.42 bits per heavy atom. The molecule has 0 bridgehead atoms. The summed E-state index contributed by atoms with van der Waals surface area (Å²) in [5.74, 6) is 1.13. The highest BCUT2D eigenvalue weighted by atomic mass is 16.5. The summed E-state index contributed by atoms with van der Waals surface area (Å²) < 4.78 is 10.6. The van der Waals surface area contributed by atoms with Gasteiger partial charge in [-0.2, -0.15) is 0 Å². The van der Waals surface area contributed by atoms with Gasteiger partial charge >= 0.3 is 0 Å². The van der Waals surface area contributed by atoms with Gasteiger partial charge in [-0.15, -0.1) is 0 Å². The molecule has 1 amide bonds. The molecule has 1 fully saturated rings. The number of benzene rings is 1. The highest BCUT2D eigenvalue weighted by Crippen LogP contribution is 2.15. The van der Waals surface area contributed by atoms with Crippen LogP contribution in [-0.4, -0.2) is 32.3 Å². The van der Waals surface area contributed by atoms with Gasteiger partial charge in [0.05, 0.1) is 0 Å². The minimum Gasteiger partial charge on any atom is -0.484 e. The lowest BCUT2D eigenvalue weighted by Crippen LogP contribution is -2.30. The van der Waals surface area contributed by atoms with Crippen LogP contribution >= 0.6 is 0 Å². The fraction of sp³-hybridized carbons (Fsp3) is 0.500. The van der Waals surface area contributed by atoms with Gasteiger partial charge in [0, 0.05) is 25.4 Å². The number of ether oxygens (including phenoxy) is 2. The van der Waals surface area contributed by atoms with Crippen molar-refractivity contribution in [3.63, 3.8) is 0 Å². The third-order valence-electron chi connectivity index (χ3n) is 3.15. The third kappa shape index (κ3) is 4.79. The van der Waals surface area contributed by atoms with Gasteiger partial charge in [-0.05, 0) is 43.0 Å². The average Bonchev–Trinajstić information content (AvgIpc) is 2.91. The zero-order valence-corrected chi connectivity index (χ0v) is 10.9. The number of rotatable bonds is 6. The minimum absolute atomic E-state index is 0.0328. The van der Waals surface area contributed by atoms with Gasteiger partial charge in [-0.1, -0.05) is 0 Å². The second-order valence-corrected chi connectivity index (χ2v) is 4.73. The van der Waals surface area contributed by atoms with E-state index in [2.05, 4.69) is 5.32 Å². The first kappa shape index (κ1) is 13.7. The molecule has 104 valence electrons. The van der Waals surface area contributed by atoms with Crippen LogP contribution in [-0.2, 0) is 9.53 Å². The zero-order valence-electron chi connectivity index (χ0n) is 10.9. The standard InChI is InChI=1S/C14H20N2O3/c15-12-1-3-13(4-2-12)19-10-14(17)16-7-5-11-6-8-18-9-11/h1-4,11H,5-10,15H2,(H,16,17). The maximum absolute atomic E-state index is 11.6. The van der Waals surface area contributed by atoms with E-state index in [0.717, 1.165) is 26.1 Å². The van der Waals surface area contributed by atoms with Crippen LogP contribution in [0.25, 0.3) is 0 Å². The molecular formula is C14H20N2O3. The molecule has 0 aromatic heterocycles. The molecule has 0 aliphatic carbocycles. The lowest BCUT2D eigenvalue weighted by atomic mass is 10.1. The Hall–Kier alpha value is -1.75. The topological polar surface area (TPSA) is 73.6 Å². The molecular weight excluding hydrogens is 244 g/mol. The van der Waals surface area contributed by atoms with Gasteiger partial charge in [0.25, 0.3) is 5.91 Å². The smallest absolute Gasteiger partial charge is 0.257 e. The summed E-state index contributed by atoms with van der Waals surface area (Å²) in [5, 5.41) is 2.85. The van der Waals surface area contributed by atoms with E-state index in [1.54, 1.807) is 24.3 Å². The largest absolute Gasteiger partial charge is 0.484 e. The number of nitrogens with two attached hydrogens (primary N) is 1. The molecule has 0 spiro atoms. The van der Waals surface area contributed by atoms with Crippen LogP contribution in [0.15, 0.2) is 24.3 Å². The van der Waals surface area contributed by atoms with E-state index in [0.29, 0.717) is 23.9 Å². The molecule has 1 atom stereocenters. The van der Waals surface area contributed by atoms with Crippen molar-refractivity contribution in [1.82, 2.24) is 5.32 Å². The summed E-state index contributed by atoms with van der Waals surface area (Å²) in [5.41, 5.74) is 6.24. The predicted octanol–water partition coefficient (Wildman–Crippen LogP) is 1.19. The van der Waals surface area contributed by atoms with Crippen LogP contribution in [0.5, 0.6) is 5.75 Å². The lowest BCUT2D eigenvalue weighted by molar-refractivity contribution is -0.123. The minimum atomic E-state index is -0.101. The van der Waals surface area contributed by atoms with Crippen LogP contribution in [0.2, 0.25) is 0 Å². The van der Waals surface area contributed by atoms with Crippen molar-refractivity contribution in [2.45, 2.75) is 12.8 Å². The predicted molar refractivity (Wildman–Crippen MR) is 72.9 cm³/mol. The maximum atomic E-state index is 11.6. The van der Waals surface area contributed by atoms with Gasteiger partial charge in [0.1, 0.15) is 5.75 Å². The second kappa shape index (κ2) is 6.99. The monoisotopic (exact) mass is 264 g/mol. The number of amides is 1. The van der Waals surface area contributed by atoms with E-state index in [1.165, 1.54) is 0 Å². The van der Waals surface area contributed by atoms with Crippen LogP contribution in [0.1, 0.15) is 12.8 Å². The molecule has 1 aromatic rings. The van der Waals surface area contributed by atoms with Crippen molar-refractivity contribution < 1.29 is 14.3 Å². The van der Waals surface area contributed by atoms with Crippen LogP contribution in [0.4, 0.5) is 5.69 Å². The molecule has 1 aliphatic heterocycles. The Morgan fingerprint density at radius 3 is 2.89 bits per heavy atom. The van der Waals surface area contributed by atoms with Crippen molar-refractivity contribution >= 4 is 11.6 Å². The fourth-order valence-corrected chi connectivity index (χ4v) is 1.99. The molecule has 1 aliphatic rings. The molecule has 1 aromatic carbocycles. The Kier molecular flexibility index (Phi) is 5.03. The number of anilines is 1. The van der Waals surface area contributed by atoms with Gasteiger partial charge in [-0.3, -0.25) is 4.79 Å². The molecule has 1 saturated heterocycles. The molecule has 5 nitrogen and oxygen atoms in total. The number of carbonyl (C=O) groups excluding carboxylic acids is 1. The summed E-state index contributed by atoms with van der Waals surface area (Å²) in [4.78, 5) is 11.6. The maximum Gasteiger partial charge on any atom is 0.257 e. The molecule has 19 heavy (non-hydrogen) atoms. The van der Waals surface area contributed by atoms with Gasteiger partial charge < -0.3 is 20.5 Å². The van der Waals surface area contributed by atoms with Crippen molar-refractivity contribution in [2.75, 3.05) is 32.1 Å². The first-order chi connectivity index (χ1) is 9.24. The number of hydrogen-bond acceptors (Lipinski definition) is 4. The molecule has 0 saturated carbocycles. The quantitative estimate of drug-likeness (QED) is 0.757. The Labute approximate surface area is 113 Å². The number of nitrogens with one attached hydrogen (secondary N) is 1. The van der Waals surface area contributed by atoms with Gasteiger partial charge in [0.2, 0.25) is 0 Å². The molecule has 5 heteroatoms. The zero-order chi connectivity index (χ0) is 13.5. The SMILES string of the molecule is Nc1ccc(OCC(=O)NCCC2CCOC2)cc1. The van der Waals surface area contributed by atoms with Crippen molar-refractivity contribution in [2.24, 2.45) is 5.92 Å². The van der Waals surface area contributed by atoms with E-state index in [-0.39, 0.29) is 12.5 Å². The molecule has 2 rings (SSSR count).